The Hall–Kier alpha value is -1.61. The molecule has 0 saturated heterocycles. The lowest BCUT2D eigenvalue weighted by atomic mass is 10.2. The standard InChI is InChI=1S/C15H12FIN2O2S/c1-9-11(17)5-3-6-12(9)19-22(20,21)14-8-18-13-7-2-4-10(16)15(13)14/h2-8,18-19H,1H3. The van der Waals surface area contributed by atoms with E-state index in [9.17, 15) is 12.8 Å². The SMILES string of the molecule is Cc1c(I)cccc1NS(=O)(=O)c1c[nH]c2cccc(F)c12. The van der Waals surface area contributed by atoms with E-state index in [4.69, 9.17) is 0 Å². The molecule has 0 aliphatic heterocycles. The predicted molar refractivity (Wildman–Crippen MR) is 93.0 cm³/mol. The van der Waals surface area contributed by atoms with Crippen molar-refractivity contribution in [3.05, 3.63) is 57.5 Å². The Morgan fingerprint density at radius 2 is 1.91 bits per heavy atom. The number of aromatic nitrogens is 1. The van der Waals surface area contributed by atoms with Gasteiger partial charge in [-0.2, -0.15) is 0 Å². The molecule has 3 rings (SSSR count). The Balaban J connectivity index is 2.11. The molecule has 0 fully saturated rings. The normalized spacial score (nSPS) is 11.8. The van der Waals surface area contributed by atoms with Gasteiger partial charge in [0.15, 0.2) is 0 Å². The Bertz CT molecular complexity index is 967. The van der Waals surface area contributed by atoms with Gasteiger partial charge in [0, 0.05) is 15.3 Å². The number of hydrogen-bond donors (Lipinski definition) is 2. The van der Waals surface area contributed by atoms with Gasteiger partial charge in [0.05, 0.1) is 11.1 Å². The molecular weight excluding hydrogens is 418 g/mol. The molecule has 7 heteroatoms. The zero-order chi connectivity index (χ0) is 15.9. The lowest BCUT2D eigenvalue weighted by Crippen LogP contribution is -2.14. The van der Waals surface area contributed by atoms with Crippen LogP contribution in [0.15, 0.2) is 47.5 Å². The summed E-state index contributed by atoms with van der Waals surface area (Å²) in [6, 6.07) is 9.74. The quantitative estimate of drug-likeness (QED) is 0.617. The first-order valence-electron chi connectivity index (χ1n) is 6.43. The molecule has 0 bridgehead atoms. The van der Waals surface area contributed by atoms with Gasteiger partial charge < -0.3 is 4.98 Å². The van der Waals surface area contributed by atoms with Crippen molar-refractivity contribution in [3.63, 3.8) is 0 Å². The summed E-state index contributed by atoms with van der Waals surface area (Å²) in [5.41, 5.74) is 1.75. The maximum atomic E-state index is 14.0. The number of anilines is 1. The van der Waals surface area contributed by atoms with Crippen LogP contribution >= 0.6 is 22.6 Å². The molecule has 2 N–H and O–H groups in total. The van der Waals surface area contributed by atoms with E-state index in [2.05, 4.69) is 32.3 Å². The fourth-order valence-corrected chi connectivity index (χ4v) is 4.05. The number of fused-ring (bicyclic) bond motifs is 1. The highest BCUT2D eigenvalue weighted by atomic mass is 127. The number of sulfonamides is 1. The van der Waals surface area contributed by atoms with E-state index in [-0.39, 0.29) is 10.3 Å². The van der Waals surface area contributed by atoms with Gasteiger partial charge in [0.2, 0.25) is 0 Å². The number of aromatic amines is 1. The number of H-pyrrole nitrogens is 1. The van der Waals surface area contributed by atoms with Crippen LogP contribution < -0.4 is 4.72 Å². The van der Waals surface area contributed by atoms with Crippen molar-refractivity contribution < 1.29 is 12.8 Å². The van der Waals surface area contributed by atoms with Crippen molar-refractivity contribution in [3.8, 4) is 0 Å². The molecule has 1 aromatic heterocycles. The van der Waals surface area contributed by atoms with E-state index >= 15 is 0 Å². The van der Waals surface area contributed by atoms with Crippen LogP contribution in [0, 0.1) is 16.3 Å². The summed E-state index contributed by atoms with van der Waals surface area (Å²) in [5, 5.41) is 0.0679. The zero-order valence-corrected chi connectivity index (χ0v) is 14.5. The van der Waals surface area contributed by atoms with Crippen LogP contribution in [0.5, 0.6) is 0 Å². The molecule has 114 valence electrons. The van der Waals surface area contributed by atoms with Crippen LogP contribution in [0.2, 0.25) is 0 Å². The van der Waals surface area contributed by atoms with Crippen LogP contribution in [0.25, 0.3) is 10.9 Å². The molecule has 3 aromatic rings. The largest absolute Gasteiger partial charge is 0.360 e. The molecule has 0 aliphatic carbocycles. The van der Waals surface area contributed by atoms with Gasteiger partial charge in [-0.25, -0.2) is 12.8 Å². The minimum Gasteiger partial charge on any atom is -0.360 e. The smallest absolute Gasteiger partial charge is 0.264 e. The third-order valence-corrected chi connectivity index (χ3v) is 5.98. The molecule has 22 heavy (non-hydrogen) atoms. The number of rotatable bonds is 3. The van der Waals surface area contributed by atoms with Crippen molar-refractivity contribution in [2.45, 2.75) is 11.8 Å². The first-order valence-corrected chi connectivity index (χ1v) is 9.00. The van der Waals surface area contributed by atoms with Gasteiger partial charge in [0.25, 0.3) is 10.0 Å². The number of halogens is 2. The third kappa shape index (κ3) is 2.58. The molecule has 0 saturated carbocycles. The van der Waals surface area contributed by atoms with E-state index in [0.29, 0.717) is 11.2 Å². The van der Waals surface area contributed by atoms with Crippen molar-refractivity contribution in [2.75, 3.05) is 4.72 Å². The number of hydrogen-bond acceptors (Lipinski definition) is 2. The van der Waals surface area contributed by atoms with Gasteiger partial charge >= 0.3 is 0 Å². The minimum absolute atomic E-state index is 0.0679. The molecule has 2 aromatic carbocycles. The van der Waals surface area contributed by atoms with Gasteiger partial charge in [-0.3, -0.25) is 4.72 Å². The van der Waals surface area contributed by atoms with Crippen LogP contribution in [-0.2, 0) is 10.0 Å². The summed E-state index contributed by atoms with van der Waals surface area (Å²) in [4.78, 5) is 2.69. The average molecular weight is 430 g/mol. The van der Waals surface area contributed by atoms with Crippen molar-refractivity contribution in [2.24, 2.45) is 0 Å². The number of nitrogens with one attached hydrogen (secondary N) is 2. The molecule has 0 aliphatic rings. The molecule has 0 radical (unpaired) electrons. The van der Waals surface area contributed by atoms with Crippen LogP contribution in [-0.4, -0.2) is 13.4 Å². The summed E-state index contributed by atoms with van der Waals surface area (Å²) >= 11 is 2.13. The molecular formula is C15H12FIN2O2S. The average Bonchev–Trinajstić information content (AvgIpc) is 2.90. The number of benzene rings is 2. The first kappa shape index (κ1) is 15.3. The summed E-state index contributed by atoms with van der Waals surface area (Å²) in [7, 11) is -3.88. The Morgan fingerprint density at radius 3 is 2.68 bits per heavy atom. The fourth-order valence-electron chi connectivity index (χ4n) is 2.24. The predicted octanol–water partition coefficient (Wildman–Crippen LogP) is 4.02. The fraction of sp³-hybridized carbons (Fsp3) is 0.0667. The summed E-state index contributed by atoms with van der Waals surface area (Å²) < 4.78 is 42.6. The van der Waals surface area contributed by atoms with Gasteiger partial charge in [-0.15, -0.1) is 0 Å². The molecule has 0 amide bonds. The maximum absolute atomic E-state index is 14.0. The Labute approximate surface area is 140 Å². The highest BCUT2D eigenvalue weighted by molar-refractivity contribution is 14.1. The lowest BCUT2D eigenvalue weighted by molar-refractivity contribution is 0.600. The minimum atomic E-state index is -3.88. The summed E-state index contributed by atoms with van der Waals surface area (Å²) in [6.07, 6.45) is 1.30. The van der Waals surface area contributed by atoms with Gasteiger partial charge in [-0.1, -0.05) is 12.1 Å². The van der Waals surface area contributed by atoms with Crippen LogP contribution in [0.3, 0.4) is 0 Å². The molecule has 1 heterocycles. The third-order valence-electron chi connectivity index (χ3n) is 3.42. The van der Waals surface area contributed by atoms with E-state index < -0.39 is 15.8 Å². The highest BCUT2D eigenvalue weighted by Gasteiger charge is 2.22. The lowest BCUT2D eigenvalue weighted by Gasteiger charge is -2.11. The second-order valence-corrected chi connectivity index (χ2v) is 7.65. The maximum Gasteiger partial charge on any atom is 0.264 e. The zero-order valence-electron chi connectivity index (χ0n) is 11.5. The van der Waals surface area contributed by atoms with E-state index in [1.54, 1.807) is 18.2 Å². The van der Waals surface area contributed by atoms with Crippen LogP contribution in [0.1, 0.15) is 5.56 Å². The van der Waals surface area contributed by atoms with E-state index in [1.807, 2.05) is 13.0 Å². The topological polar surface area (TPSA) is 62.0 Å². The second-order valence-electron chi connectivity index (χ2n) is 4.83. The van der Waals surface area contributed by atoms with Gasteiger partial charge in [-0.05, 0) is 59.3 Å². The highest BCUT2D eigenvalue weighted by Crippen LogP contribution is 2.28. The molecule has 0 spiro atoms. The van der Waals surface area contributed by atoms with E-state index in [0.717, 1.165) is 9.13 Å². The Kier molecular flexibility index (Phi) is 3.85. The van der Waals surface area contributed by atoms with E-state index in [1.165, 1.54) is 18.3 Å². The van der Waals surface area contributed by atoms with Crippen molar-refractivity contribution >= 4 is 49.2 Å². The monoisotopic (exact) mass is 430 g/mol. The van der Waals surface area contributed by atoms with Crippen molar-refractivity contribution in [1.82, 2.24) is 4.98 Å². The molecule has 4 nitrogen and oxygen atoms in total. The van der Waals surface area contributed by atoms with Gasteiger partial charge in [0.1, 0.15) is 10.7 Å². The Morgan fingerprint density at radius 1 is 1.18 bits per heavy atom. The molecule has 0 unspecified atom stereocenters. The summed E-state index contributed by atoms with van der Waals surface area (Å²) in [5.74, 6) is -0.571. The van der Waals surface area contributed by atoms with Crippen LogP contribution in [0.4, 0.5) is 10.1 Å². The summed E-state index contributed by atoms with van der Waals surface area (Å²) in [6.45, 7) is 1.83. The van der Waals surface area contributed by atoms with Crippen molar-refractivity contribution in [1.29, 1.82) is 0 Å². The molecule has 0 atom stereocenters. The first-order chi connectivity index (χ1) is 10.4. The second kappa shape index (κ2) is 5.54.